The number of para-hydroxylation sites is 1. The van der Waals surface area contributed by atoms with Gasteiger partial charge in [-0.3, -0.25) is 9.69 Å². The molecule has 156 valence electrons. The summed E-state index contributed by atoms with van der Waals surface area (Å²) in [5, 5.41) is 2.82. The second-order valence-corrected chi connectivity index (χ2v) is 7.28. The van der Waals surface area contributed by atoms with E-state index in [1.54, 1.807) is 12.1 Å². The van der Waals surface area contributed by atoms with Gasteiger partial charge in [-0.2, -0.15) is 8.78 Å². The van der Waals surface area contributed by atoms with E-state index in [-0.39, 0.29) is 23.5 Å². The number of halogens is 2. The zero-order chi connectivity index (χ0) is 20.8. The van der Waals surface area contributed by atoms with E-state index in [0.29, 0.717) is 6.54 Å². The number of morpholine rings is 1. The molecular formula is C22H26F2N2O3. The van der Waals surface area contributed by atoms with E-state index in [1.165, 1.54) is 12.1 Å². The highest BCUT2D eigenvalue weighted by molar-refractivity contribution is 5.96. The second kappa shape index (κ2) is 9.80. The number of carbonyl (C=O) groups excluding carboxylic acids is 1. The van der Waals surface area contributed by atoms with Crippen molar-refractivity contribution in [3.05, 3.63) is 65.2 Å². The fourth-order valence-electron chi connectivity index (χ4n) is 3.66. The van der Waals surface area contributed by atoms with Gasteiger partial charge in [-0.15, -0.1) is 0 Å². The summed E-state index contributed by atoms with van der Waals surface area (Å²) >= 11 is 0. The highest BCUT2D eigenvalue weighted by Gasteiger charge is 2.23. The number of carbonyl (C=O) groups is 1. The van der Waals surface area contributed by atoms with Gasteiger partial charge in [0.2, 0.25) is 0 Å². The second-order valence-electron chi connectivity index (χ2n) is 7.28. The molecule has 0 aliphatic carbocycles. The predicted molar refractivity (Wildman–Crippen MR) is 106 cm³/mol. The zero-order valence-corrected chi connectivity index (χ0v) is 16.6. The Morgan fingerprint density at radius 3 is 2.41 bits per heavy atom. The molecule has 1 aliphatic rings. The smallest absolute Gasteiger partial charge is 0.387 e. The lowest BCUT2D eigenvalue weighted by Gasteiger charge is -2.35. The molecule has 0 unspecified atom stereocenters. The third-order valence-corrected chi connectivity index (χ3v) is 4.79. The Hall–Kier alpha value is -2.51. The van der Waals surface area contributed by atoms with Crippen LogP contribution in [0.4, 0.5) is 8.78 Å². The van der Waals surface area contributed by atoms with Crippen molar-refractivity contribution < 1.29 is 23.0 Å². The van der Waals surface area contributed by atoms with Crippen LogP contribution in [0, 0.1) is 0 Å². The van der Waals surface area contributed by atoms with Gasteiger partial charge in [-0.05, 0) is 37.1 Å². The first-order chi connectivity index (χ1) is 13.9. The van der Waals surface area contributed by atoms with Gasteiger partial charge in [0.25, 0.3) is 5.91 Å². The first-order valence-electron chi connectivity index (χ1n) is 9.69. The van der Waals surface area contributed by atoms with Gasteiger partial charge in [0.05, 0.1) is 17.8 Å². The van der Waals surface area contributed by atoms with Crippen molar-refractivity contribution >= 4 is 5.91 Å². The van der Waals surface area contributed by atoms with E-state index >= 15 is 0 Å². The molecule has 2 atom stereocenters. The monoisotopic (exact) mass is 404 g/mol. The lowest BCUT2D eigenvalue weighted by Crippen LogP contribution is -2.45. The summed E-state index contributed by atoms with van der Waals surface area (Å²) in [7, 11) is 0. The predicted octanol–water partition coefficient (Wildman–Crippen LogP) is 3.83. The highest BCUT2D eigenvalue weighted by atomic mass is 19.3. The Morgan fingerprint density at radius 2 is 1.72 bits per heavy atom. The van der Waals surface area contributed by atoms with E-state index in [9.17, 15) is 13.6 Å². The van der Waals surface area contributed by atoms with Gasteiger partial charge < -0.3 is 14.8 Å². The van der Waals surface area contributed by atoms with Crippen molar-refractivity contribution in [2.75, 3.05) is 13.1 Å². The number of nitrogens with zero attached hydrogens (tertiary/aromatic N) is 1. The van der Waals surface area contributed by atoms with Gasteiger partial charge in [0.15, 0.2) is 0 Å². The van der Waals surface area contributed by atoms with Crippen LogP contribution in [0.15, 0.2) is 48.5 Å². The summed E-state index contributed by atoms with van der Waals surface area (Å²) in [6, 6.07) is 13.9. The number of nitrogens with one attached hydrogen (secondary N) is 1. The minimum atomic E-state index is -2.98. The molecule has 7 heteroatoms. The molecule has 3 rings (SSSR count). The third-order valence-electron chi connectivity index (χ3n) is 4.79. The third kappa shape index (κ3) is 5.98. The van der Waals surface area contributed by atoms with Crippen LogP contribution >= 0.6 is 0 Å². The molecule has 0 bridgehead atoms. The zero-order valence-electron chi connectivity index (χ0n) is 16.6. The molecule has 1 amide bonds. The van der Waals surface area contributed by atoms with E-state index in [2.05, 4.69) is 28.8 Å². The molecule has 2 aromatic carbocycles. The quantitative estimate of drug-likeness (QED) is 0.762. The summed E-state index contributed by atoms with van der Waals surface area (Å²) in [5.41, 5.74) is 2.19. The summed E-state index contributed by atoms with van der Waals surface area (Å²) in [6.45, 7) is 3.90. The number of rotatable bonds is 7. The Labute approximate surface area is 169 Å². The van der Waals surface area contributed by atoms with Gasteiger partial charge in [0, 0.05) is 26.2 Å². The van der Waals surface area contributed by atoms with Crippen molar-refractivity contribution in [2.45, 2.75) is 45.8 Å². The van der Waals surface area contributed by atoms with Crippen LogP contribution < -0.4 is 10.1 Å². The Bertz CT molecular complexity index is 821. The van der Waals surface area contributed by atoms with Gasteiger partial charge >= 0.3 is 6.61 Å². The van der Waals surface area contributed by atoms with Crippen molar-refractivity contribution in [3.63, 3.8) is 0 Å². The van der Waals surface area contributed by atoms with Gasteiger partial charge in [-0.1, -0.05) is 36.4 Å². The molecule has 1 aliphatic heterocycles. The molecule has 1 heterocycles. The molecular weight excluding hydrogens is 378 g/mol. The number of amides is 1. The summed E-state index contributed by atoms with van der Waals surface area (Å²) < 4.78 is 35.4. The molecule has 1 saturated heterocycles. The first kappa shape index (κ1) is 21.2. The molecule has 2 aromatic rings. The van der Waals surface area contributed by atoms with E-state index in [4.69, 9.17) is 4.74 Å². The summed E-state index contributed by atoms with van der Waals surface area (Å²) in [6.07, 6.45) is 0.355. The van der Waals surface area contributed by atoms with Crippen LogP contribution in [0.1, 0.15) is 35.3 Å². The minimum absolute atomic E-state index is 0.0844. The van der Waals surface area contributed by atoms with Crippen LogP contribution in [-0.2, 0) is 17.8 Å². The topological polar surface area (TPSA) is 50.8 Å². The lowest BCUT2D eigenvalue weighted by molar-refractivity contribution is -0.0705. The maximum Gasteiger partial charge on any atom is 0.387 e. The molecule has 1 N–H and O–H groups in total. The van der Waals surface area contributed by atoms with Crippen LogP contribution in [0.25, 0.3) is 0 Å². The fraction of sp³-hybridized carbons (Fsp3) is 0.409. The fourth-order valence-corrected chi connectivity index (χ4v) is 3.66. The standard InChI is InChI=1S/C22H26F2N2O3/c1-15-12-26(13-16(2)28-15)14-18-8-4-3-7-17(18)11-25-21(27)19-9-5-6-10-20(19)29-22(23)24/h3-10,15-16,22H,11-14H2,1-2H3,(H,25,27)/t15-,16+. The minimum Gasteiger partial charge on any atom is -0.434 e. The van der Waals surface area contributed by atoms with Crippen LogP contribution in [0.3, 0.4) is 0 Å². The lowest BCUT2D eigenvalue weighted by atomic mass is 10.1. The molecule has 1 fully saturated rings. The molecule has 0 spiro atoms. The summed E-state index contributed by atoms with van der Waals surface area (Å²) in [4.78, 5) is 14.9. The summed E-state index contributed by atoms with van der Waals surface area (Å²) in [5.74, 6) is -0.589. The molecule has 0 aromatic heterocycles. The number of hydrogen-bond donors (Lipinski definition) is 1. The Morgan fingerprint density at radius 1 is 1.10 bits per heavy atom. The number of benzene rings is 2. The average molecular weight is 404 g/mol. The Kier molecular flexibility index (Phi) is 7.17. The van der Waals surface area contributed by atoms with Crippen molar-refractivity contribution in [1.82, 2.24) is 10.2 Å². The normalized spacial score (nSPS) is 19.9. The highest BCUT2D eigenvalue weighted by Crippen LogP contribution is 2.21. The van der Waals surface area contributed by atoms with Crippen molar-refractivity contribution in [1.29, 1.82) is 0 Å². The first-order valence-corrected chi connectivity index (χ1v) is 9.69. The van der Waals surface area contributed by atoms with Crippen molar-refractivity contribution in [3.8, 4) is 5.75 Å². The molecule has 5 nitrogen and oxygen atoms in total. The number of ether oxygens (including phenoxy) is 2. The Balaban J connectivity index is 1.66. The largest absolute Gasteiger partial charge is 0.434 e. The van der Waals surface area contributed by atoms with Crippen LogP contribution in [-0.4, -0.2) is 42.7 Å². The van der Waals surface area contributed by atoms with E-state index < -0.39 is 12.5 Å². The van der Waals surface area contributed by atoms with Crippen LogP contribution in [0.5, 0.6) is 5.75 Å². The molecule has 0 radical (unpaired) electrons. The van der Waals surface area contributed by atoms with Crippen LogP contribution in [0.2, 0.25) is 0 Å². The SMILES string of the molecule is C[C@@H]1CN(Cc2ccccc2CNC(=O)c2ccccc2OC(F)F)C[C@H](C)O1. The number of alkyl halides is 2. The van der Waals surface area contributed by atoms with E-state index in [0.717, 1.165) is 30.8 Å². The van der Waals surface area contributed by atoms with Crippen molar-refractivity contribution in [2.24, 2.45) is 0 Å². The maximum atomic E-state index is 12.6. The number of hydrogen-bond acceptors (Lipinski definition) is 4. The average Bonchev–Trinajstić information content (AvgIpc) is 2.66. The van der Waals surface area contributed by atoms with Gasteiger partial charge in [0.1, 0.15) is 5.75 Å². The van der Waals surface area contributed by atoms with Gasteiger partial charge in [-0.25, -0.2) is 0 Å². The molecule has 0 saturated carbocycles. The van der Waals surface area contributed by atoms with E-state index in [1.807, 2.05) is 24.3 Å². The maximum absolute atomic E-state index is 12.6. The molecule has 29 heavy (non-hydrogen) atoms.